The monoisotopic (exact) mass is 248 g/mol. The van der Waals surface area contributed by atoms with E-state index in [1.807, 2.05) is 29.2 Å². The summed E-state index contributed by atoms with van der Waals surface area (Å²) in [5.41, 5.74) is 5.91. The Bertz CT molecular complexity index is 947. The molecule has 0 amide bonds. The average molecular weight is 248 g/mol. The smallest absolute Gasteiger partial charge is 0.264 e. The van der Waals surface area contributed by atoms with Crippen LogP contribution in [0.2, 0.25) is 0 Å². The minimum Gasteiger partial charge on any atom is -0.264 e. The van der Waals surface area contributed by atoms with Crippen LogP contribution in [0.15, 0.2) is 49.3 Å². The summed E-state index contributed by atoms with van der Waals surface area (Å²) in [5.74, 6) is 0. The van der Waals surface area contributed by atoms with Gasteiger partial charge in [-0.3, -0.25) is 9.55 Å². The van der Waals surface area contributed by atoms with Gasteiger partial charge in [0.15, 0.2) is 17.5 Å². The lowest BCUT2D eigenvalue weighted by molar-refractivity contribution is -0.510. The molecular formula is C14H10N5+. The molecule has 1 aliphatic heterocycles. The van der Waals surface area contributed by atoms with Gasteiger partial charge in [0.25, 0.3) is 5.65 Å². The molecule has 0 spiro atoms. The van der Waals surface area contributed by atoms with Crippen LogP contribution in [0.1, 0.15) is 5.56 Å². The second-order valence-electron chi connectivity index (χ2n) is 4.85. The number of hydrogen-bond acceptors (Lipinski definition) is 2. The van der Waals surface area contributed by atoms with E-state index in [-0.39, 0.29) is 0 Å². The van der Waals surface area contributed by atoms with Crippen molar-refractivity contribution in [2.45, 2.75) is 6.54 Å². The van der Waals surface area contributed by atoms with E-state index in [1.165, 1.54) is 16.8 Å². The Balaban J connectivity index is 2.00. The summed E-state index contributed by atoms with van der Waals surface area (Å²) in [5, 5.41) is 4.45. The van der Waals surface area contributed by atoms with E-state index in [0.29, 0.717) is 0 Å². The summed E-state index contributed by atoms with van der Waals surface area (Å²) in [7, 11) is 0. The first-order chi connectivity index (χ1) is 9.42. The predicted molar refractivity (Wildman–Crippen MR) is 68.7 cm³/mol. The highest BCUT2D eigenvalue weighted by molar-refractivity contribution is 5.78. The van der Waals surface area contributed by atoms with Gasteiger partial charge in [-0.25, -0.2) is 4.40 Å². The van der Waals surface area contributed by atoms with Crippen molar-refractivity contribution >= 4 is 11.2 Å². The minimum atomic E-state index is 0.907. The topological polar surface area (TPSA) is 39.2 Å². The Hall–Kier alpha value is -2.69. The zero-order valence-electron chi connectivity index (χ0n) is 10.1. The number of aromatic nitrogens is 5. The van der Waals surface area contributed by atoms with Gasteiger partial charge in [0.2, 0.25) is 0 Å². The molecule has 0 radical (unpaired) electrons. The Morgan fingerprint density at radius 3 is 3.21 bits per heavy atom. The molecule has 0 N–H and O–H groups in total. The van der Waals surface area contributed by atoms with Gasteiger partial charge in [0.05, 0.1) is 12.7 Å². The number of fused-ring (bicyclic) bond motifs is 7. The maximum atomic E-state index is 4.45. The third-order valence-electron chi connectivity index (χ3n) is 3.77. The van der Waals surface area contributed by atoms with Crippen LogP contribution in [-0.2, 0) is 6.54 Å². The SMILES string of the molecule is c1cnn2c(c1)c[n+]1cn3c(c21)-c1cnccc1C3. The minimum absolute atomic E-state index is 0.907. The van der Waals surface area contributed by atoms with Crippen molar-refractivity contribution < 1.29 is 4.40 Å². The molecule has 5 heteroatoms. The fraction of sp³-hybridized carbons (Fsp3) is 0.0714. The summed E-state index contributed by atoms with van der Waals surface area (Å²) < 4.78 is 6.37. The van der Waals surface area contributed by atoms with E-state index in [0.717, 1.165) is 17.7 Å². The maximum absolute atomic E-state index is 4.45. The lowest BCUT2D eigenvalue weighted by Gasteiger charge is -1.93. The molecule has 0 fully saturated rings. The van der Waals surface area contributed by atoms with Crippen LogP contribution in [0.3, 0.4) is 0 Å². The lowest BCUT2D eigenvalue weighted by Crippen LogP contribution is -2.15. The molecule has 4 aromatic heterocycles. The van der Waals surface area contributed by atoms with Crippen molar-refractivity contribution in [3.05, 3.63) is 54.9 Å². The van der Waals surface area contributed by atoms with Crippen molar-refractivity contribution in [2.24, 2.45) is 0 Å². The molecule has 0 aromatic carbocycles. The third-order valence-corrected chi connectivity index (χ3v) is 3.77. The van der Waals surface area contributed by atoms with Crippen molar-refractivity contribution in [1.29, 1.82) is 0 Å². The van der Waals surface area contributed by atoms with Crippen LogP contribution in [0.4, 0.5) is 0 Å². The van der Waals surface area contributed by atoms with Crippen LogP contribution in [0.5, 0.6) is 0 Å². The molecule has 0 atom stereocenters. The van der Waals surface area contributed by atoms with E-state index >= 15 is 0 Å². The molecule has 0 saturated carbocycles. The van der Waals surface area contributed by atoms with E-state index in [9.17, 15) is 0 Å². The molecule has 0 unspecified atom stereocenters. The first-order valence-corrected chi connectivity index (χ1v) is 6.22. The van der Waals surface area contributed by atoms with Gasteiger partial charge in [-0.1, -0.05) is 0 Å². The number of hydrogen-bond donors (Lipinski definition) is 0. The molecule has 5 rings (SSSR count). The fourth-order valence-electron chi connectivity index (χ4n) is 2.97. The van der Waals surface area contributed by atoms with E-state index in [4.69, 9.17) is 0 Å². The fourth-order valence-corrected chi connectivity index (χ4v) is 2.97. The van der Waals surface area contributed by atoms with Gasteiger partial charge in [-0.15, -0.1) is 9.61 Å². The molecule has 1 aliphatic rings. The second-order valence-corrected chi connectivity index (χ2v) is 4.85. The average Bonchev–Trinajstić information content (AvgIpc) is 3.04. The first-order valence-electron chi connectivity index (χ1n) is 6.22. The molecule has 0 bridgehead atoms. The number of nitrogens with zero attached hydrogens (tertiary/aromatic N) is 5. The summed E-state index contributed by atoms with van der Waals surface area (Å²) in [4.78, 5) is 4.25. The Kier molecular flexibility index (Phi) is 1.46. The van der Waals surface area contributed by atoms with Crippen LogP contribution in [0, 0.1) is 0 Å². The highest BCUT2D eigenvalue weighted by atomic mass is 15.3. The van der Waals surface area contributed by atoms with Gasteiger partial charge in [-0.2, -0.15) is 0 Å². The van der Waals surface area contributed by atoms with Crippen LogP contribution in [0.25, 0.3) is 22.4 Å². The quantitative estimate of drug-likeness (QED) is 0.387. The standard InChI is InChI=1S/C14H10N5/c1-2-11-8-18-9-17-7-10-3-5-15-6-12(10)13(17)14(18)19(11)16-4-1/h1-6,8-9H,7H2/q+1. The third kappa shape index (κ3) is 1.03. The second kappa shape index (κ2) is 3.00. The largest absolute Gasteiger partial charge is 0.297 e. The highest BCUT2D eigenvalue weighted by Gasteiger charge is 2.30. The molecule has 0 aliphatic carbocycles. The van der Waals surface area contributed by atoms with Crippen LogP contribution < -0.4 is 4.40 Å². The van der Waals surface area contributed by atoms with Gasteiger partial charge in [0.1, 0.15) is 6.20 Å². The number of rotatable bonds is 0. The Morgan fingerprint density at radius 2 is 2.21 bits per heavy atom. The predicted octanol–water partition coefficient (Wildman–Crippen LogP) is 1.30. The summed E-state index contributed by atoms with van der Waals surface area (Å²) in [6.45, 7) is 0.907. The van der Waals surface area contributed by atoms with E-state index in [1.54, 1.807) is 0 Å². The molecule has 19 heavy (non-hydrogen) atoms. The highest BCUT2D eigenvalue weighted by Crippen LogP contribution is 2.33. The molecular weight excluding hydrogens is 238 g/mol. The molecule has 90 valence electrons. The number of pyridine rings is 1. The summed E-state index contributed by atoms with van der Waals surface area (Å²) in [6, 6.07) is 6.11. The first kappa shape index (κ1) is 9.27. The normalized spacial score (nSPS) is 13.1. The summed E-state index contributed by atoms with van der Waals surface area (Å²) in [6.07, 6.45) is 9.83. The van der Waals surface area contributed by atoms with Crippen molar-refractivity contribution in [3.8, 4) is 11.3 Å². The van der Waals surface area contributed by atoms with Gasteiger partial charge in [-0.05, 0) is 18.2 Å². The van der Waals surface area contributed by atoms with Crippen molar-refractivity contribution in [2.75, 3.05) is 0 Å². The lowest BCUT2D eigenvalue weighted by atomic mass is 10.1. The molecule has 0 saturated heterocycles. The zero-order valence-corrected chi connectivity index (χ0v) is 10.1. The van der Waals surface area contributed by atoms with E-state index in [2.05, 4.69) is 43.7 Å². The van der Waals surface area contributed by atoms with Gasteiger partial charge < -0.3 is 0 Å². The summed E-state index contributed by atoms with van der Waals surface area (Å²) >= 11 is 0. The Morgan fingerprint density at radius 1 is 1.21 bits per heavy atom. The van der Waals surface area contributed by atoms with Crippen LogP contribution in [-0.4, -0.2) is 19.2 Å². The Labute approximate surface area is 108 Å². The maximum Gasteiger partial charge on any atom is 0.297 e. The zero-order chi connectivity index (χ0) is 12.4. The van der Waals surface area contributed by atoms with Crippen molar-refractivity contribution in [1.82, 2.24) is 19.2 Å². The molecule has 5 heterocycles. The van der Waals surface area contributed by atoms with E-state index < -0.39 is 0 Å². The molecule has 4 aromatic rings. The van der Waals surface area contributed by atoms with Gasteiger partial charge in [0, 0.05) is 23.5 Å². The molecule has 5 nitrogen and oxygen atoms in total. The van der Waals surface area contributed by atoms with Crippen molar-refractivity contribution in [3.63, 3.8) is 0 Å². The van der Waals surface area contributed by atoms with Crippen LogP contribution >= 0.6 is 0 Å². The van der Waals surface area contributed by atoms with Gasteiger partial charge >= 0.3 is 0 Å². The number of imidazole rings is 2.